The Kier molecular flexibility index (Phi) is 1.86. The minimum atomic E-state index is -0.122. The first-order valence-corrected chi connectivity index (χ1v) is 6.50. The molecule has 0 bridgehead atoms. The summed E-state index contributed by atoms with van der Waals surface area (Å²) in [5, 5.41) is 0. The van der Waals surface area contributed by atoms with E-state index in [9.17, 15) is 4.79 Å². The summed E-state index contributed by atoms with van der Waals surface area (Å²) in [4.78, 5) is 11.5. The Hall–Kier alpha value is -1.89. The molecule has 2 aliphatic carbocycles. The van der Waals surface area contributed by atoms with E-state index in [1.165, 1.54) is 28.5 Å². The van der Waals surface area contributed by atoms with Crippen molar-refractivity contribution in [2.45, 2.75) is 18.8 Å². The molecule has 2 aromatic rings. The van der Waals surface area contributed by atoms with Crippen molar-refractivity contribution in [2.24, 2.45) is 5.41 Å². The lowest BCUT2D eigenvalue weighted by Gasteiger charge is -2.19. The van der Waals surface area contributed by atoms with Gasteiger partial charge >= 0.3 is 0 Å². The zero-order valence-corrected chi connectivity index (χ0v) is 10.1. The molecule has 18 heavy (non-hydrogen) atoms. The highest BCUT2D eigenvalue weighted by molar-refractivity contribution is 5.82. The quantitative estimate of drug-likeness (QED) is 0.723. The Balaban J connectivity index is 2.01. The van der Waals surface area contributed by atoms with Crippen molar-refractivity contribution in [2.75, 3.05) is 0 Å². The average Bonchev–Trinajstić information content (AvgIpc) is 3.15. The summed E-state index contributed by atoms with van der Waals surface area (Å²) in [7, 11) is 0. The van der Waals surface area contributed by atoms with Crippen molar-refractivity contribution < 1.29 is 4.79 Å². The number of carbonyl (C=O) groups is 1. The van der Waals surface area contributed by atoms with Crippen LogP contribution >= 0.6 is 0 Å². The first-order chi connectivity index (χ1) is 8.86. The molecule has 1 heteroatoms. The second-order valence-electron chi connectivity index (χ2n) is 5.46. The van der Waals surface area contributed by atoms with Crippen molar-refractivity contribution in [1.29, 1.82) is 0 Å². The molecule has 0 heterocycles. The van der Waals surface area contributed by atoms with E-state index in [1.54, 1.807) is 0 Å². The van der Waals surface area contributed by atoms with E-state index in [2.05, 4.69) is 48.5 Å². The van der Waals surface area contributed by atoms with E-state index in [4.69, 9.17) is 0 Å². The van der Waals surface area contributed by atoms with Gasteiger partial charge in [-0.1, -0.05) is 48.5 Å². The maximum Gasteiger partial charge on any atom is 0.127 e. The van der Waals surface area contributed by atoms with Crippen LogP contribution in [0, 0.1) is 5.41 Å². The molecule has 0 amide bonds. The maximum atomic E-state index is 11.5. The van der Waals surface area contributed by atoms with Crippen molar-refractivity contribution in [3.05, 3.63) is 59.7 Å². The minimum Gasteiger partial charge on any atom is -0.303 e. The van der Waals surface area contributed by atoms with Crippen LogP contribution in [0.5, 0.6) is 0 Å². The minimum absolute atomic E-state index is 0.122. The third kappa shape index (κ3) is 1.14. The van der Waals surface area contributed by atoms with Gasteiger partial charge in [0.25, 0.3) is 0 Å². The van der Waals surface area contributed by atoms with Gasteiger partial charge in [0.1, 0.15) is 6.29 Å². The van der Waals surface area contributed by atoms with Crippen molar-refractivity contribution >= 4 is 6.29 Å². The van der Waals surface area contributed by atoms with Crippen LogP contribution in [0.15, 0.2) is 48.5 Å². The van der Waals surface area contributed by atoms with E-state index in [0.717, 1.165) is 12.8 Å². The molecule has 88 valence electrons. The molecule has 1 nitrogen and oxygen atoms in total. The standard InChI is InChI=1S/C17H14O/c18-11-17(9-10-17)16-14-7-3-1-5-12(14)13-6-2-4-8-15(13)16/h1-8,11,16H,9-10H2. The van der Waals surface area contributed by atoms with Crippen LogP contribution in [-0.4, -0.2) is 6.29 Å². The zero-order valence-electron chi connectivity index (χ0n) is 10.1. The van der Waals surface area contributed by atoms with Gasteiger partial charge in [0.15, 0.2) is 0 Å². The number of hydrogen-bond donors (Lipinski definition) is 0. The summed E-state index contributed by atoms with van der Waals surface area (Å²) in [6.07, 6.45) is 3.25. The molecule has 0 atom stereocenters. The van der Waals surface area contributed by atoms with Crippen LogP contribution in [0.3, 0.4) is 0 Å². The second kappa shape index (κ2) is 3.32. The van der Waals surface area contributed by atoms with Gasteiger partial charge in [0.2, 0.25) is 0 Å². The van der Waals surface area contributed by atoms with Gasteiger partial charge in [-0.05, 0) is 35.1 Å². The smallest absolute Gasteiger partial charge is 0.127 e. The van der Waals surface area contributed by atoms with E-state index in [1.807, 2.05) is 0 Å². The molecule has 0 N–H and O–H groups in total. The topological polar surface area (TPSA) is 17.1 Å². The fraction of sp³-hybridized carbons (Fsp3) is 0.235. The Morgan fingerprint density at radius 3 is 1.83 bits per heavy atom. The van der Waals surface area contributed by atoms with E-state index in [-0.39, 0.29) is 11.3 Å². The molecule has 0 spiro atoms. The molecule has 0 unspecified atom stereocenters. The van der Waals surface area contributed by atoms with Gasteiger partial charge in [0.05, 0.1) is 0 Å². The fourth-order valence-corrected chi connectivity index (χ4v) is 3.39. The van der Waals surface area contributed by atoms with Crippen LogP contribution in [0.4, 0.5) is 0 Å². The second-order valence-corrected chi connectivity index (χ2v) is 5.46. The number of fused-ring (bicyclic) bond motifs is 3. The van der Waals surface area contributed by atoms with Crippen LogP contribution in [0.1, 0.15) is 29.9 Å². The Bertz CT molecular complexity index is 592. The van der Waals surface area contributed by atoms with Crippen LogP contribution in [0.2, 0.25) is 0 Å². The van der Waals surface area contributed by atoms with Gasteiger partial charge in [-0.25, -0.2) is 0 Å². The van der Waals surface area contributed by atoms with Gasteiger partial charge in [-0.15, -0.1) is 0 Å². The van der Waals surface area contributed by atoms with Gasteiger partial charge in [0, 0.05) is 11.3 Å². The van der Waals surface area contributed by atoms with E-state index < -0.39 is 0 Å². The average molecular weight is 234 g/mol. The van der Waals surface area contributed by atoms with Crippen LogP contribution < -0.4 is 0 Å². The lowest BCUT2D eigenvalue weighted by Crippen LogP contribution is -2.14. The number of carbonyl (C=O) groups excluding carboxylic acids is 1. The third-order valence-electron chi connectivity index (χ3n) is 4.47. The first kappa shape index (κ1) is 10.1. The molecule has 0 aliphatic heterocycles. The summed E-state index contributed by atoms with van der Waals surface area (Å²) in [5.74, 6) is 0.280. The monoisotopic (exact) mass is 234 g/mol. The van der Waals surface area contributed by atoms with Gasteiger partial charge < -0.3 is 4.79 Å². The summed E-state index contributed by atoms with van der Waals surface area (Å²) < 4.78 is 0. The highest BCUT2D eigenvalue weighted by Crippen LogP contribution is 2.62. The number of hydrogen-bond acceptors (Lipinski definition) is 1. The Morgan fingerprint density at radius 2 is 1.39 bits per heavy atom. The summed E-state index contributed by atoms with van der Waals surface area (Å²) in [5.41, 5.74) is 5.17. The molecule has 2 aromatic carbocycles. The van der Waals surface area contributed by atoms with Crippen molar-refractivity contribution in [1.82, 2.24) is 0 Å². The molecular weight excluding hydrogens is 220 g/mol. The highest BCUT2D eigenvalue weighted by atomic mass is 16.1. The maximum absolute atomic E-state index is 11.5. The normalized spacial score (nSPS) is 19.1. The molecule has 1 fully saturated rings. The molecule has 1 saturated carbocycles. The molecule has 2 aliphatic rings. The number of aldehydes is 1. The number of rotatable bonds is 2. The summed E-state index contributed by atoms with van der Waals surface area (Å²) in [6, 6.07) is 17.0. The predicted molar refractivity (Wildman–Crippen MR) is 71.5 cm³/mol. The number of benzene rings is 2. The Labute approximate surface area is 106 Å². The van der Waals surface area contributed by atoms with Crippen LogP contribution in [0.25, 0.3) is 11.1 Å². The van der Waals surface area contributed by atoms with Crippen molar-refractivity contribution in [3.8, 4) is 11.1 Å². The largest absolute Gasteiger partial charge is 0.303 e. The van der Waals surface area contributed by atoms with E-state index >= 15 is 0 Å². The van der Waals surface area contributed by atoms with Gasteiger partial charge in [-0.2, -0.15) is 0 Å². The third-order valence-corrected chi connectivity index (χ3v) is 4.47. The predicted octanol–water partition coefficient (Wildman–Crippen LogP) is 3.78. The molecule has 0 aromatic heterocycles. The molecule has 0 saturated heterocycles. The zero-order chi connectivity index (χ0) is 12.2. The molecule has 4 rings (SSSR count). The van der Waals surface area contributed by atoms with Gasteiger partial charge in [-0.3, -0.25) is 0 Å². The molecule has 0 radical (unpaired) electrons. The first-order valence-electron chi connectivity index (χ1n) is 6.50. The summed E-state index contributed by atoms with van der Waals surface area (Å²) >= 11 is 0. The summed E-state index contributed by atoms with van der Waals surface area (Å²) in [6.45, 7) is 0. The van der Waals surface area contributed by atoms with Crippen LogP contribution in [-0.2, 0) is 4.79 Å². The van der Waals surface area contributed by atoms with E-state index in [0.29, 0.717) is 0 Å². The SMILES string of the molecule is O=CC1(C2c3ccccc3-c3ccccc32)CC1. The van der Waals surface area contributed by atoms with Crippen molar-refractivity contribution in [3.63, 3.8) is 0 Å². The molecular formula is C17H14O. The Morgan fingerprint density at radius 1 is 0.889 bits per heavy atom. The highest BCUT2D eigenvalue weighted by Gasteiger charge is 2.53. The lowest BCUT2D eigenvalue weighted by molar-refractivity contribution is -0.112. The fourth-order valence-electron chi connectivity index (χ4n) is 3.39. The lowest BCUT2D eigenvalue weighted by atomic mass is 9.82.